The molecule has 0 aliphatic rings. The van der Waals surface area contributed by atoms with Crippen molar-refractivity contribution in [2.24, 2.45) is 0 Å². The molecule has 3 rings (SSSR count). The van der Waals surface area contributed by atoms with Gasteiger partial charge in [-0.15, -0.1) is 0 Å². The SMILES string of the molecule is CCN(CC)S(=O)(=O)c1ccc(Oc2ccccc2)c(NC(=O)c2ccc(COC)cc2)c1. The third-order valence-corrected chi connectivity index (χ3v) is 7.09. The van der Waals surface area contributed by atoms with E-state index in [1.165, 1.54) is 16.4 Å². The zero-order chi connectivity index (χ0) is 23.8. The Morgan fingerprint density at radius 1 is 0.939 bits per heavy atom. The first-order chi connectivity index (χ1) is 15.9. The molecule has 1 amide bonds. The van der Waals surface area contributed by atoms with Crippen LogP contribution in [0.25, 0.3) is 0 Å². The third-order valence-electron chi connectivity index (χ3n) is 5.04. The van der Waals surface area contributed by atoms with Crippen molar-refractivity contribution < 1.29 is 22.7 Å². The number of anilines is 1. The Balaban J connectivity index is 1.96. The number of methoxy groups -OCH3 is 1. The number of rotatable bonds is 10. The van der Waals surface area contributed by atoms with Gasteiger partial charge >= 0.3 is 0 Å². The van der Waals surface area contributed by atoms with Crippen LogP contribution in [0.3, 0.4) is 0 Å². The number of para-hydroxylation sites is 1. The summed E-state index contributed by atoms with van der Waals surface area (Å²) in [5, 5.41) is 2.81. The summed E-state index contributed by atoms with van der Waals surface area (Å²) in [6, 6.07) is 20.6. The molecular formula is C25H28N2O5S. The maximum absolute atomic E-state index is 13.0. The van der Waals surface area contributed by atoms with Gasteiger partial charge in [0, 0.05) is 25.8 Å². The van der Waals surface area contributed by atoms with E-state index in [4.69, 9.17) is 9.47 Å². The fourth-order valence-corrected chi connectivity index (χ4v) is 4.78. The molecule has 0 saturated heterocycles. The average Bonchev–Trinajstić information content (AvgIpc) is 2.82. The van der Waals surface area contributed by atoms with E-state index < -0.39 is 10.0 Å². The molecule has 0 heterocycles. The molecular weight excluding hydrogens is 440 g/mol. The molecule has 7 nitrogen and oxygen atoms in total. The number of hydrogen-bond acceptors (Lipinski definition) is 5. The lowest BCUT2D eigenvalue weighted by molar-refractivity contribution is 0.102. The topological polar surface area (TPSA) is 84.9 Å². The van der Waals surface area contributed by atoms with Gasteiger partial charge in [0.25, 0.3) is 5.91 Å². The Bertz CT molecular complexity index is 1180. The van der Waals surface area contributed by atoms with Crippen LogP contribution in [0.15, 0.2) is 77.7 Å². The fourth-order valence-electron chi connectivity index (χ4n) is 3.30. The predicted octanol–water partition coefficient (Wildman–Crippen LogP) is 4.91. The number of carbonyl (C=O) groups excluding carboxylic acids is 1. The van der Waals surface area contributed by atoms with E-state index in [-0.39, 0.29) is 16.5 Å². The molecule has 174 valence electrons. The Hall–Kier alpha value is -3.20. The van der Waals surface area contributed by atoms with Gasteiger partial charge in [0.05, 0.1) is 17.2 Å². The van der Waals surface area contributed by atoms with Gasteiger partial charge in [0.1, 0.15) is 5.75 Å². The lowest BCUT2D eigenvalue weighted by atomic mass is 10.1. The number of ether oxygens (including phenoxy) is 2. The Morgan fingerprint density at radius 3 is 2.21 bits per heavy atom. The number of nitrogens with one attached hydrogen (secondary N) is 1. The summed E-state index contributed by atoms with van der Waals surface area (Å²) in [6.45, 7) is 4.70. The summed E-state index contributed by atoms with van der Waals surface area (Å²) in [5.41, 5.74) is 1.63. The van der Waals surface area contributed by atoms with Crippen LogP contribution in [0.5, 0.6) is 11.5 Å². The molecule has 0 saturated carbocycles. The summed E-state index contributed by atoms with van der Waals surface area (Å²) in [5.74, 6) is 0.523. The summed E-state index contributed by atoms with van der Waals surface area (Å²) >= 11 is 0. The highest BCUT2D eigenvalue weighted by atomic mass is 32.2. The first-order valence-electron chi connectivity index (χ1n) is 10.6. The smallest absolute Gasteiger partial charge is 0.255 e. The molecule has 3 aromatic carbocycles. The van der Waals surface area contributed by atoms with Gasteiger partial charge in [-0.2, -0.15) is 4.31 Å². The van der Waals surface area contributed by atoms with Crippen LogP contribution in [-0.4, -0.2) is 38.8 Å². The minimum atomic E-state index is -3.71. The largest absolute Gasteiger partial charge is 0.455 e. The molecule has 0 unspecified atom stereocenters. The van der Waals surface area contributed by atoms with Gasteiger partial charge < -0.3 is 14.8 Å². The second-order valence-corrected chi connectivity index (χ2v) is 9.18. The second-order valence-electron chi connectivity index (χ2n) is 7.25. The van der Waals surface area contributed by atoms with Crippen molar-refractivity contribution in [2.75, 3.05) is 25.5 Å². The van der Waals surface area contributed by atoms with Crippen LogP contribution in [0.4, 0.5) is 5.69 Å². The van der Waals surface area contributed by atoms with Crippen molar-refractivity contribution >= 4 is 21.6 Å². The van der Waals surface area contributed by atoms with Gasteiger partial charge in [-0.25, -0.2) is 8.42 Å². The minimum Gasteiger partial charge on any atom is -0.455 e. The highest BCUT2D eigenvalue weighted by Crippen LogP contribution is 2.33. The fraction of sp³-hybridized carbons (Fsp3) is 0.240. The van der Waals surface area contributed by atoms with Gasteiger partial charge in [0.2, 0.25) is 10.0 Å². The predicted molar refractivity (Wildman–Crippen MR) is 128 cm³/mol. The average molecular weight is 469 g/mol. The van der Waals surface area contributed by atoms with Crippen molar-refractivity contribution in [1.82, 2.24) is 4.31 Å². The van der Waals surface area contributed by atoms with E-state index in [2.05, 4.69) is 5.32 Å². The summed E-state index contributed by atoms with van der Waals surface area (Å²) in [6.07, 6.45) is 0. The molecule has 3 aromatic rings. The molecule has 33 heavy (non-hydrogen) atoms. The monoisotopic (exact) mass is 468 g/mol. The number of nitrogens with zero attached hydrogens (tertiary/aromatic N) is 1. The molecule has 0 atom stereocenters. The normalized spacial score (nSPS) is 11.4. The summed E-state index contributed by atoms with van der Waals surface area (Å²) in [4.78, 5) is 13.0. The minimum absolute atomic E-state index is 0.0809. The highest BCUT2D eigenvalue weighted by Gasteiger charge is 2.23. The van der Waals surface area contributed by atoms with Crippen LogP contribution in [0, 0.1) is 0 Å². The van der Waals surface area contributed by atoms with Crippen LogP contribution >= 0.6 is 0 Å². The zero-order valence-corrected chi connectivity index (χ0v) is 19.8. The first kappa shape index (κ1) is 24.4. The maximum Gasteiger partial charge on any atom is 0.255 e. The second kappa shape index (κ2) is 11.1. The maximum atomic E-state index is 13.0. The van der Waals surface area contributed by atoms with Crippen molar-refractivity contribution in [2.45, 2.75) is 25.3 Å². The van der Waals surface area contributed by atoms with Crippen LogP contribution in [-0.2, 0) is 21.4 Å². The van der Waals surface area contributed by atoms with Crippen molar-refractivity contribution in [3.05, 3.63) is 83.9 Å². The lowest BCUT2D eigenvalue weighted by Crippen LogP contribution is -2.30. The summed E-state index contributed by atoms with van der Waals surface area (Å²) < 4.78 is 38.5. The molecule has 1 N–H and O–H groups in total. The molecule has 0 aliphatic heterocycles. The summed E-state index contributed by atoms with van der Waals surface area (Å²) in [7, 11) is -2.11. The van der Waals surface area contributed by atoms with Gasteiger partial charge in [-0.1, -0.05) is 44.2 Å². The zero-order valence-electron chi connectivity index (χ0n) is 18.9. The van der Waals surface area contributed by atoms with Gasteiger partial charge in [-0.3, -0.25) is 4.79 Å². The van der Waals surface area contributed by atoms with Crippen molar-refractivity contribution in [1.29, 1.82) is 0 Å². The van der Waals surface area contributed by atoms with Gasteiger partial charge in [-0.05, 0) is 48.0 Å². The Labute approximate surface area is 195 Å². The number of amides is 1. The number of sulfonamides is 1. The van der Waals surface area contributed by atoms with Crippen molar-refractivity contribution in [3.8, 4) is 11.5 Å². The lowest BCUT2D eigenvalue weighted by Gasteiger charge is -2.20. The standard InChI is InChI=1S/C25H28N2O5S/c1-4-27(5-2)33(29,30)22-15-16-24(32-21-9-7-6-8-10-21)23(17-22)26-25(28)20-13-11-19(12-14-20)18-31-3/h6-17H,4-5,18H2,1-3H3,(H,26,28). The van der Waals surface area contributed by atoms with E-state index in [1.807, 2.05) is 18.2 Å². The number of benzene rings is 3. The molecule has 0 fully saturated rings. The van der Waals surface area contributed by atoms with E-state index in [0.29, 0.717) is 36.8 Å². The van der Waals surface area contributed by atoms with E-state index in [1.54, 1.807) is 63.4 Å². The third kappa shape index (κ3) is 5.98. The molecule has 0 aliphatic carbocycles. The molecule has 0 spiro atoms. The van der Waals surface area contributed by atoms with Crippen LogP contribution < -0.4 is 10.1 Å². The van der Waals surface area contributed by atoms with E-state index >= 15 is 0 Å². The highest BCUT2D eigenvalue weighted by molar-refractivity contribution is 7.89. The number of hydrogen-bond donors (Lipinski definition) is 1. The Morgan fingerprint density at radius 2 is 1.61 bits per heavy atom. The molecule has 8 heteroatoms. The number of carbonyl (C=O) groups is 1. The Kier molecular flexibility index (Phi) is 8.21. The van der Waals surface area contributed by atoms with E-state index in [0.717, 1.165) is 5.56 Å². The van der Waals surface area contributed by atoms with E-state index in [9.17, 15) is 13.2 Å². The first-order valence-corrected chi connectivity index (χ1v) is 12.1. The quantitative estimate of drug-likeness (QED) is 0.457. The van der Waals surface area contributed by atoms with Crippen molar-refractivity contribution in [3.63, 3.8) is 0 Å². The molecule has 0 aromatic heterocycles. The van der Waals surface area contributed by atoms with Crippen LogP contribution in [0.1, 0.15) is 29.8 Å². The van der Waals surface area contributed by atoms with Gasteiger partial charge in [0.15, 0.2) is 5.75 Å². The molecule has 0 bridgehead atoms. The molecule has 0 radical (unpaired) electrons. The van der Waals surface area contributed by atoms with Crippen LogP contribution in [0.2, 0.25) is 0 Å².